The second-order valence-electron chi connectivity index (χ2n) is 17.4. The molecule has 2 fully saturated rings. The Bertz CT molecular complexity index is 2300. The van der Waals surface area contributed by atoms with E-state index < -0.39 is 139 Å². The Morgan fingerprint density at radius 1 is 0.699 bits per heavy atom. The minimum atomic E-state index is -1.78. The summed E-state index contributed by atoms with van der Waals surface area (Å²) in [6.45, 7) is -0.147. The van der Waals surface area contributed by atoms with E-state index in [0.29, 0.717) is 36.9 Å². The molecule has 0 aliphatic carbocycles. The van der Waals surface area contributed by atoms with Crippen LogP contribution in [0.2, 0.25) is 0 Å². The highest BCUT2D eigenvalue weighted by Gasteiger charge is 2.40. The topological polar surface area (TPSA) is 426 Å². The normalized spacial score (nSPS) is 23.0. The second kappa shape index (κ2) is 29.5. The van der Waals surface area contributed by atoms with Gasteiger partial charge in [-0.05, 0) is 68.3 Å². The number of nitrogens with one attached hydrogen (secondary N) is 7. The van der Waals surface area contributed by atoms with Crippen molar-refractivity contribution in [1.29, 1.82) is 0 Å². The molecule has 0 unspecified atom stereocenters. The average molecular weight is 1060 g/mol. The van der Waals surface area contributed by atoms with Gasteiger partial charge in [-0.15, -0.1) is 0 Å². The number of carbonyl (C=O) groups excluding carboxylic acids is 11. The molecule has 0 saturated carbocycles. The van der Waals surface area contributed by atoms with Crippen LogP contribution in [0.4, 0.5) is 0 Å². The van der Waals surface area contributed by atoms with Gasteiger partial charge in [-0.2, -0.15) is 0 Å². The van der Waals surface area contributed by atoms with Crippen LogP contribution in [0.1, 0.15) is 62.5 Å². The van der Waals surface area contributed by atoms with Crippen molar-refractivity contribution in [2.24, 2.45) is 28.7 Å². The summed E-state index contributed by atoms with van der Waals surface area (Å²) in [4.78, 5) is 149. The molecule has 0 spiro atoms. The molecular formula is C46H65N13O12S2. The van der Waals surface area contributed by atoms with E-state index in [9.17, 15) is 57.8 Å². The van der Waals surface area contributed by atoms with Crippen LogP contribution in [0.3, 0.4) is 0 Å². The predicted molar refractivity (Wildman–Crippen MR) is 269 cm³/mol. The van der Waals surface area contributed by atoms with Gasteiger partial charge in [0.25, 0.3) is 0 Å². The molecule has 8 atom stereocenters. The molecule has 2 aromatic carbocycles. The van der Waals surface area contributed by atoms with Crippen molar-refractivity contribution in [3.8, 4) is 5.75 Å². The number of primary amides is 3. The highest BCUT2D eigenvalue weighted by molar-refractivity contribution is 8.76. The van der Waals surface area contributed by atoms with Gasteiger partial charge in [0.1, 0.15) is 48.0 Å². The van der Waals surface area contributed by atoms with E-state index in [1.165, 1.54) is 29.2 Å². The number of benzene rings is 2. The standard InChI is InChI=1S/C46H65N13O12S2/c47-17-5-4-9-29(40(65)52-22-38(51)63)54-45(70)35-10-6-18-59(35)46(71)34-24-73-72-23-28(48)39(64)55-31(20-26-11-13-27(60)14-12-26)43(68)56-32(19-25-7-2-1-3-8-25)42(67)53-30(15-16-36(49)61)41(66)57-33(21-37(50)62)44(69)58-34/h1-3,7-8,11-14,28-35,60H,4-6,9-10,15-24,47-48H2,(H2,49,61)(H2,50,62)(H2,51,63)(H,52,65)(H,53,67)(H,54,70)(H,55,64)(H,56,68)(H,57,66)(H,58,69)/t28-,29-,30-,31-,32+,33+,34+,35-/m0/s1. The zero-order chi connectivity index (χ0) is 53.6. The number of likely N-dealkylation sites (tertiary alicyclic amines) is 1. The molecular weight excluding hydrogens is 991 g/mol. The van der Waals surface area contributed by atoms with E-state index >= 15 is 0 Å². The molecule has 0 bridgehead atoms. The molecule has 2 aromatic rings. The van der Waals surface area contributed by atoms with Gasteiger partial charge < -0.3 is 75.9 Å². The van der Waals surface area contributed by atoms with Crippen molar-refractivity contribution >= 4 is 86.6 Å². The smallest absolute Gasteiger partial charge is 0.246 e. The molecule has 2 aliphatic rings. The summed E-state index contributed by atoms with van der Waals surface area (Å²) in [6, 6.07) is 3.09. The van der Waals surface area contributed by atoms with E-state index in [4.69, 9.17) is 28.7 Å². The van der Waals surface area contributed by atoms with Crippen molar-refractivity contribution < 1.29 is 57.8 Å². The SMILES string of the molecule is NCCCC[C@H](NC(=O)[C@@H]1CCCN1C(=O)[C@H]1CSSC[C@H](N)C(=O)N[C@@H](Cc2ccc(O)cc2)C(=O)N[C@H](Cc2ccccc2)C(=O)N[C@@H](CCC(N)=O)C(=O)N[C@H](CC(N)=O)C(=O)N1)C(=O)NCC(N)=O. The number of aromatic hydroxyl groups is 1. The van der Waals surface area contributed by atoms with E-state index in [-0.39, 0.29) is 49.5 Å². The molecule has 0 radical (unpaired) electrons. The van der Waals surface area contributed by atoms with Crippen LogP contribution < -0.4 is 65.9 Å². The van der Waals surface area contributed by atoms with Gasteiger partial charge in [0.05, 0.1) is 19.0 Å². The van der Waals surface area contributed by atoms with Crippen molar-refractivity contribution in [2.45, 2.75) is 113 Å². The van der Waals surface area contributed by atoms with E-state index in [0.717, 1.165) is 21.6 Å². The number of rotatable bonds is 19. The monoisotopic (exact) mass is 1060 g/mol. The molecule has 18 N–H and O–H groups in total. The maximum absolute atomic E-state index is 14.6. The summed E-state index contributed by atoms with van der Waals surface area (Å²) in [5.74, 6) is -10.0. The predicted octanol–water partition coefficient (Wildman–Crippen LogP) is -4.33. The molecule has 2 saturated heterocycles. The molecule has 2 aliphatic heterocycles. The van der Waals surface area contributed by atoms with Gasteiger partial charge in [0.2, 0.25) is 65.0 Å². The zero-order valence-electron chi connectivity index (χ0n) is 40.0. The first-order chi connectivity index (χ1) is 34.8. The summed E-state index contributed by atoms with van der Waals surface area (Å²) in [5.41, 5.74) is 29.2. The fourth-order valence-corrected chi connectivity index (χ4v) is 10.1. The Hall–Kier alpha value is -6.97. The Labute approximate surface area is 428 Å². The molecule has 398 valence electrons. The van der Waals surface area contributed by atoms with E-state index in [1.807, 2.05) is 0 Å². The number of hydrogen-bond donors (Lipinski definition) is 13. The Morgan fingerprint density at radius 3 is 1.89 bits per heavy atom. The summed E-state index contributed by atoms with van der Waals surface area (Å²) < 4.78 is 0. The third-order valence-electron chi connectivity index (χ3n) is 11.6. The minimum Gasteiger partial charge on any atom is -0.508 e. The van der Waals surface area contributed by atoms with Crippen LogP contribution in [-0.4, -0.2) is 154 Å². The van der Waals surface area contributed by atoms with E-state index in [1.54, 1.807) is 30.3 Å². The lowest BCUT2D eigenvalue weighted by atomic mass is 10.0. The van der Waals surface area contributed by atoms with Gasteiger partial charge in [-0.25, -0.2) is 0 Å². The van der Waals surface area contributed by atoms with Gasteiger partial charge in [-0.3, -0.25) is 52.7 Å². The summed E-state index contributed by atoms with van der Waals surface area (Å²) >= 11 is 0. The average Bonchev–Trinajstić information content (AvgIpc) is 3.85. The lowest BCUT2D eigenvalue weighted by molar-refractivity contribution is -0.142. The van der Waals surface area contributed by atoms with Crippen LogP contribution >= 0.6 is 21.6 Å². The quantitative estimate of drug-likeness (QED) is 0.0467. The van der Waals surface area contributed by atoms with Gasteiger partial charge in [0, 0.05) is 37.3 Å². The third kappa shape index (κ3) is 19.5. The second-order valence-corrected chi connectivity index (χ2v) is 20.0. The number of phenols is 1. The molecule has 73 heavy (non-hydrogen) atoms. The molecule has 11 amide bonds. The number of hydrogen-bond acceptors (Lipinski definition) is 16. The first-order valence-electron chi connectivity index (χ1n) is 23.5. The Kier molecular flexibility index (Phi) is 23.7. The fourth-order valence-electron chi connectivity index (χ4n) is 7.79. The summed E-state index contributed by atoms with van der Waals surface area (Å²) in [6.07, 6.45) is -0.386. The van der Waals surface area contributed by atoms with Crippen molar-refractivity contribution in [2.75, 3.05) is 31.1 Å². The highest BCUT2D eigenvalue weighted by Crippen LogP contribution is 2.26. The zero-order valence-corrected chi connectivity index (χ0v) is 41.6. The van der Waals surface area contributed by atoms with Crippen LogP contribution in [0, 0.1) is 0 Å². The Balaban J connectivity index is 1.71. The summed E-state index contributed by atoms with van der Waals surface area (Å²) in [5, 5.41) is 27.7. The maximum atomic E-state index is 14.6. The molecule has 25 nitrogen and oxygen atoms in total. The number of amides is 11. The van der Waals surface area contributed by atoms with Crippen molar-refractivity contribution in [1.82, 2.24) is 42.1 Å². The first kappa shape index (κ1) is 58.6. The molecule has 2 heterocycles. The minimum absolute atomic E-state index is 0.0324. The molecule has 27 heteroatoms. The van der Waals surface area contributed by atoms with Gasteiger partial charge >= 0.3 is 0 Å². The fraction of sp³-hybridized carbons (Fsp3) is 0.500. The van der Waals surface area contributed by atoms with Crippen LogP contribution in [-0.2, 0) is 65.6 Å². The first-order valence-corrected chi connectivity index (χ1v) is 26.0. The number of carbonyl (C=O) groups is 11. The highest BCUT2D eigenvalue weighted by atomic mass is 33.1. The van der Waals surface area contributed by atoms with Gasteiger partial charge in [-0.1, -0.05) is 64.1 Å². The molecule has 0 aromatic heterocycles. The lowest BCUT2D eigenvalue weighted by Crippen LogP contribution is -2.61. The number of nitrogens with two attached hydrogens (primary N) is 5. The number of unbranched alkanes of at least 4 members (excludes halogenated alkanes) is 1. The third-order valence-corrected chi connectivity index (χ3v) is 14.1. The summed E-state index contributed by atoms with van der Waals surface area (Å²) in [7, 11) is 2.02. The van der Waals surface area contributed by atoms with Crippen molar-refractivity contribution in [3.05, 3.63) is 65.7 Å². The van der Waals surface area contributed by atoms with E-state index in [2.05, 4.69) is 37.2 Å². The largest absolute Gasteiger partial charge is 0.508 e. The van der Waals surface area contributed by atoms with Crippen LogP contribution in [0.25, 0.3) is 0 Å². The number of phenolic OH excluding ortho intramolecular Hbond substituents is 1. The maximum Gasteiger partial charge on any atom is 0.246 e. The molecule has 4 rings (SSSR count). The van der Waals surface area contributed by atoms with Crippen LogP contribution in [0.15, 0.2) is 54.6 Å². The van der Waals surface area contributed by atoms with Crippen LogP contribution in [0.5, 0.6) is 5.75 Å². The van der Waals surface area contributed by atoms with Crippen molar-refractivity contribution in [3.63, 3.8) is 0 Å². The number of nitrogens with zero attached hydrogens (tertiary/aromatic N) is 1. The Morgan fingerprint density at radius 2 is 1.27 bits per heavy atom. The lowest BCUT2D eigenvalue weighted by Gasteiger charge is -2.31. The van der Waals surface area contributed by atoms with Gasteiger partial charge in [0.15, 0.2) is 0 Å².